The first-order valence-corrected chi connectivity index (χ1v) is 5.06. The number of rotatable bonds is 3. The fourth-order valence-corrected chi connectivity index (χ4v) is 1.28. The van der Waals surface area contributed by atoms with Gasteiger partial charge >= 0.3 is 18.0 Å². The Morgan fingerprint density at radius 1 is 1.21 bits per heavy atom. The minimum Gasteiger partial charge on any atom is -0.344 e. The monoisotopic (exact) mass is 285 g/mol. The predicted molar refractivity (Wildman–Crippen MR) is 54.0 cm³/mol. The summed E-state index contributed by atoms with van der Waals surface area (Å²) in [6.45, 7) is 1.17. The molecule has 0 aromatic heterocycles. The Balaban J connectivity index is 2.83. The van der Waals surface area contributed by atoms with Crippen molar-refractivity contribution in [1.82, 2.24) is 5.32 Å². The molecule has 1 amide bonds. The van der Waals surface area contributed by atoms with Crippen molar-refractivity contribution in [3.63, 3.8) is 0 Å². The van der Waals surface area contributed by atoms with Gasteiger partial charge in [-0.25, -0.2) is 4.39 Å². The SMILES string of the molecule is C[C@H](NC(=O)C(F)(F)C(F)(F)F)c1cccc(F)c1. The second-order valence-electron chi connectivity index (χ2n) is 3.82. The van der Waals surface area contributed by atoms with Crippen molar-refractivity contribution in [2.75, 3.05) is 0 Å². The number of amides is 1. The standard InChI is InChI=1S/C11H9F6NO/c1-6(7-3-2-4-8(12)5-7)18-9(19)10(13,14)11(15,16)17/h2-6H,1H3,(H,18,19)/t6-/m0/s1. The Morgan fingerprint density at radius 3 is 2.26 bits per heavy atom. The normalized spacial score (nSPS) is 14.1. The van der Waals surface area contributed by atoms with Crippen LogP contribution in [0.2, 0.25) is 0 Å². The molecule has 0 radical (unpaired) electrons. The van der Waals surface area contributed by atoms with Crippen LogP contribution in [0.15, 0.2) is 24.3 Å². The molecule has 1 atom stereocenters. The number of carbonyl (C=O) groups excluding carboxylic acids is 1. The maximum atomic E-state index is 12.8. The Bertz CT molecular complexity index is 470. The van der Waals surface area contributed by atoms with E-state index in [4.69, 9.17) is 0 Å². The molecule has 0 bridgehead atoms. The van der Waals surface area contributed by atoms with Gasteiger partial charge in [0.25, 0.3) is 0 Å². The molecule has 0 saturated heterocycles. The molecule has 1 N–H and O–H groups in total. The van der Waals surface area contributed by atoms with E-state index in [1.165, 1.54) is 24.4 Å². The molecular weight excluding hydrogens is 276 g/mol. The molecule has 0 unspecified atom stereocenters. The number of alkyl halides is 5. The number of carbonyl (C=O) groups is 1. The average Bonchev–Trinajstić information content (AvgIpc) is 2.27. The molecule has 8 heteroatoms. The first kappa shape index (κ1) is 15.3. The summed E-state index contributed by atoms with van der Waals surface area (Å²) in [4.78, 5) is 10.9. The van der Waals surface area contributed by atoms with E-state index in [0.717, 1.165) is 12.1 Å². The lowest BCUT2D eigenvalue weighted by Crippen LogP contribution is -2.50. The Morgan fingerprint density at radius 2 is 1.79 bits per heavy atom. The van der Waals surface area contributed by atoms with Gasteiger partial charge in [-0.2, -0.15) is 22.0 Å². The van der Waals surface area contributed by atoms with E-state index in [9.17, 15) is 31.1 Å². The smallest absolute Gasteiger partial charge is 0.344 e. The highest BCUT2D eigenvalue weighted by Gasteiger charge is 2.63. The summed E-state index contributed by atoms with van der Waals surface area (Å²) < 4.78 is 74.0. The minimum atomic E-state index is -5.97. The van der Waals surface area contributed by atoms with E-state index >= 15 is 0 Å². The molecule has 0 saturated carbocycles. The molecule has 2 nitrogen and oxygen atoms in total. The van der Waals surface area contributed by atoms with Crippen molar-refractivity contribution in [2.24, 2.45) is 0 Å². The molecule has 0 spiro atoms. The van der Waals surface area contributed by atoms with E-state index in [1.807, 2.05) is 0 Å². The third kappa shape index (κ3) is 3.39. The van der Waals surface area contributed by atoms with Crippen LogP contribution < -0.4 is 5.32 Å². The van der Waals surface area contributed by atoms with Gasteiger partial charge in [-0.05, 0) is 24.6 Å². The second-order valence-corrected chi connectivity index (χ2v) is 3.82. The fourth-order valence-electron chi connectivity index (χ4n) is 1.28. The topological polar surface area (TPSA) is 29.1 Å². The van der Waals surface area contributed by atoms with Crippen LogP contribution in [-0.4, -0.2) is 18.0 Å². The lowest BCUT2D eigenvalue weighted by Gasteiger charge is -2.21. The van der Waals surface area contributed by atoms with Crippen LogP contribution in [-0.2, 0) is 4.79 Å². The summed E-state index contributed by atoms with van der Waals surface area (Å²) in [5, 5.41) is 1.49. The number of halogens is 6. The fraction of sp³-hybridized carbons (Fsp3) is 0.364. The van der Waals surface area contributed by atoms with E-state index in [2.05, 4.69) is 0 Å². The zero-order valence-electron chi connectivity index (χ0n) is 9.56. The lowest BCUT2D eigenvalue weighted by atomic mass is 10.1. The van der Waals surface area contributed by atoms with Gasteiger partial charge in [-0.15, -0.1) is 0 Å². The highest BCUT2D eigenvalue weighted by molar-refractivity contribution is 5.84. The van der Waals surface area contributed by atoms with Gasteiger partial charge < -0.3 is 5.32 Å². The van der Waals surface area contributed by atoms with Crippen molar-refractivity contribution in [2.45, 2.75) is 25.1 Å². The van der Waals surface area contributed by atoms with E-state index in [1.54, 1.807) is 0 Å². The summed E-state index contributed by atoms with van der Waals surface area (Å²) in [7, 11) is 0. The van der Waals surface area contributed by atoms with Crippen molar-refractivity contribution in [1.29, 1.82) is 0 Å². The maximum Gasteiger partial charge on any atom is 0.463 e. The molecule has 19 heavy (non-hydrogen) atoms. The molecule has 1 aromatic carbocycles. The Kier molecular flexibility index (Phi) is 4.12. The lowest BCUT2D eigenvalue weighted by molar-refractivity contribution is -0.270. The van der Waals surface area contributed by atoms with Crippen molar-refractivity contribution < 1.29 is 31.1 Å². The van der Waals surface area contributed by atoms with Crippen LogP contribution in [0.5, 0.6) is 0 Å². The average molecular weight is 285 g/mol. The van der Waals surface area contributed by atoms with Crippen molar-refractivity contribution in [3.8, 4) is 0 Å². The van der Waals surface area contributed by atoms with Gasteiger partial charge in [-0.1, -0.05) is 12.1 Å². The zero-order valence-corrected chi connectivity index (χ0v) is 9.56. The quantitative estimate of drug-likeness (QED) is 0.849. The molecule has 0 heterocycles. The highest BCUT2D eigenvalue weighted by atomic mass is 19.4. The van der Waals surface area contributed by atoms with E-state index in [-0.39, 0.29) is 5.56 Å². The van der Waals surface area contributed by atoms with E-state index in [0.29, 0.717) is 0 Å². The highest BCUT2D eigenvalue weighted by Crippen LogP contribution is 2.35. The van der Waals surface area contributed by atoms with Crippen LogP contribution >= 0.6 is 0 Å². The third-order valence-electron chi connectivity index (χ3n) is 2.34. The third-order valence-corrected chi connectivity index (χ3v) is 2.34. The molecule has 1 rings (SSSR count). The van der Waals surface area contributed by atoms with Crippen LogP contribution in [0.3, 0.4) is 0 Å². The van der Waals surface area contributed by atoms with Gasteiger partial charge in [0.15, 0.2) is 0 Å². The summed E-state index contributed by atoms with van der Waals surface area (Å²) in [6, 6.07) is 3.35. The molecule has 0 aliphatic rings. The number of benzene rings is 1. The molecule has 106 valence electrons. The first-order chi connectivity index (χ1) is 8.55. The van der Waals surface area contributed by atoms with Crippen LogP contribution in [0.1, 0.15) is 18.5 Å². The second kappa shape index (κ2) is 5.10. The predicted octanol–water partition coefficient (Wildman–Crippen LogP) is 3.20. The zero-order chi connectivity index (χ0) is 14.8. The van der Waals surface area contributed by atoms with Crippen LogP contribution in [0.4, 0.5) is 26.3 Å². The van der Waals surface area contributed by atoms with Gasteiger partial charge in [0, 0.05) is 0 Å². The van der Waals surface area contributed by atoms with Gasteiger partial charge in [0.05, 0.1) is 6.04 Å². The first-order valence-electron chi connectivity index (χ1n) is 5.06. The van der Waals surface area contributed by atoms with Crippen LogP contribution in [0.25, 0.3) is 0 Å². The van der Waals surface area contributed by atoms with E-state index < -0.39 is 29.9 Å². The number of nitrogens with one attached hydrogen (secondary N) is 1. The van der Waals surface area contributed by atoms with Crippen LogP contribution in [0, 0.1) is 5.82 Å². The summed E-state index contributed by atoms with van der Waals surface area (Å²) in [5.74, 6) is -8.66. The van der Waals surface area contributed by atoms with Gasteiger partial charge in [-0.3, -0.25) is 4.79 Å². The van der Waals surface area contributed by atoms with Gasteiger partial charge in [0.2, 0.25) is 0 Å². The molecule has 0 fully saturated rings. The molecular formula is C11H9F6NO. The summed E-state index contributed by atoms with van der Waals surface area (Å²) in [5.41, 5.74) is 0.0753. The van der Waals surface area contributed by atoms with Crippen molar-refractivity contribution in [3.05, 3.63) is 35.6 Å². The summed E-state index contributed by atoms with van der Waals surface area (Å²) >= 11 is 0. The largest absolute Gasteiger partial charge is 0.463 e. The molecule has 0 aliphatic carbocycles. The minimum absolute atomic E-state index is 0.0753. The molecule has 0 aliphatic heterocycles. The number of hydrogen-bond donors (Lipinski definition) is 1. The maximum absolute atomic E-state index is 12.8. The number of hydrogen-bond acceptors (Lipinski definition) is 1. The molecule has 1 aromatic rings. The Labute approximate surface area is 104 Å². The Hall–Kier alpha value is -1.73. The van der Waals surface area contributed by atoms with Crippen molar-refractivity contribution >= 4 is 5.91 Å². The van der Waals surface area contributed by atoms with Gasteiger partial charge in [0.1, 0.15) is 5.82 Å². The summed E-state index contributed by atoms with van der Waals surface area (Å²) in [6.07, 6.45) is -5.97.